The molecule has 0 bridgehead atoms. The van der Waals surface area contributed by atoms with Crippen LogP contribution in [0.5, 0.6) is 0 Å². The predicted molar refractivity (Wildman–Crippen MR) is 362 cm³/mol. The zero-order valence-electron chi connectivity index (χ0n) is 58.3. The van der Waals surface area contributed by atoms with Crippen LogP contribution in [0.2, 0.25) is 0 Å². The fourth-order valence-electron chi connectivity index (χ4n) is 11.2. The van der Waals surface area contributed by atoms with Gasteiger partial charge >= 0.3 is 59.8 Å². The number of amides is 7. The Morgan fingerprint density at radius 3 is 0.824 bits per heavy atom. The van der Waals surface area contributed by atoms with Gasteiger partial charge in [-0.3, -0.25) is 96.7 Å². The molecule has 0 saturated carbocycles. The maximum Gasteiger partial charge on any atom is 0.326 e. The summed E-state index contributed by atoms with van der Waals surface area (Å²) in [4.78, 5) is 196. The fraction of sp³-hybridized carbons (Fsp3) is 0.762. The van der Waals surface area contributed by atoms with Crippen LogP contribution in [-0.2, 0) is 67.1 Å². The average molecular weight is 1460 g/mol. The largest absolute Gasteiger partial charge is 0.481 e. The smallest absolute Gasteiger partial charge is 0.326 e. The van der Waals surface area contributed by atoms with Crippen molar-refractivity contribution in [1.29, 1.82) is 0 Å². The molecule has 0 aromatic rings. The number of urea groups is 1. The minimum absolute atomic E-state index is 0.0193. The van der Waals surface area contributed by atoms with E-state index in [4.69, 9.17) is 5.11 Å². The lowest BCUT2D eigenvalue weighted by Gasteiger charge is -2.33. The molecule has 2 fully saturated rings. The first-order valence-corrected chi connectivity index (χ1v) is 34.7. The van der Waals surface area contributed by atoms with Crippen molar-refractivity contribution >= 4 is 89.3 Å². The maximum absolute atomic E-state index is 14.0. The molecule has 16 N–H and O–H groups in total. The third-order valence-corrected chi connectivity index (χ3v) is 16.8. The van der Waals surface area contributed by atoms with Gasteiger partial charge < -0.3 is 83.2 Å². The Bertz CT molecular complexity index is 2620. The topological polar surface area (TPSA) is 548 Å². The maximum atomic E-state index is 14.0. The molecule has 0 radical (unpaired) electrons. The van der Waals surface area contributed by atoms with Gasteiger partial charge in [0.15, 0.2) is 0 Å². The summed E-state index contributed by atoms with van der Waals surface area (Å²) < 4.78 is 0. The van der Waals surface area contributed by atoms with E-state index in [0.29, 0.717) is 77.2 Å². The zero-order chi connectivity index (χ0) is 75.8. The van der Waals surface area contributed by atoms with Crippen molar-refractivity contribution in [2.24, 2.45) is 0 Å². The molecule has 580 valence electrons. The van der Waals surface area contributed by atoms with Crippen LogP contribution < -0.4 is 37.2 Å². The molecule has 7 amide bonds. The van der Waals surface area contributed by atoms with Crippen LogP contribution in [0.4, 0.5) is 4.79 Å². The highest BCUT2D eigenvalue weighted by molar-refractivity contribution is 5.88. The number of nitrogens with zero attached hydrogens (tertiary/aromatic N) is 8. The monoisotopic (exact) mass is 1460 g/mol. The number of carbonyl (C=O) groups excluding carboxylic acids is 6. The van der Waals surface area contributed by atoms with Gasteiger partial charge in [-0.1, -0.05) is 12.8 Å². The second kappa shape index (κ2) is 52.5. The first kappa shape index (κ1) is 89.6. The normalized spacial score (nSPS) is 16.7. The molecule has 39 nitrogen and oxygen atoms in total. The summed E-state index contributed by atoms with van der Waals surface area (Å²) in [6, 6.07) is -5.03. The highest BCUT2D eigenvalue weighted by Crippen LogP contribution is 2.10. The first-order valence-electron chi connectivity index (χ1n) is 34.7. The minimum Gasteiger partial charge on any atom is -0.481 e. The molecule has 2 heterocycles. The standard InChI is InChI=1S/C63H109N15O24/c79-49(14-4-1-2-5-15-50(80)65-19-11-7-13-47(61(98)99)69-63(102)70-48(62(100)101)16-17-53(83)84)64-18-8-3-9-21-67-60(97)46(68-52(82)39-72-24-28-75(42-56(89)90)32-36-78(45-59(95)96)37-33-76(29-25-72)43-57(91)92)12-6-10-20-66-51(81)38-71-22-26-73(40-54(85)86)30-34-77(44-58(93)94)35-31-74(27-23-71)41-55(87)88/h46-48H,1-45H2,(H,64,79)(H,65,80)(H,66,81)(H,67,97)(H,68,82)(H,83,84)(H,85,86)(H,87,88)(H,89,90)(H,91,92)(H,93,94)(H,95,96)(H,98,99)(H,100,101)(H2,69,70,102)/t46?,47-,48-/m0/s1. The summed E-state index contributed by atoms with van der Waals surface area (Å²) in [5, 5.41) is 104. The summed E-state index contributed by atoms with van der Waals surface area (Å²) in [7, 11) is 0. The van der Waals surface area contributed by atoms with Gasteiger partial charge in [0.25, 0.3) is 0 Å². The van der Waals surface area contributed by atoms with Gasteiger partial charge in [0.2, 0.25) is 29.5 Å². The SMILES string of the molecule is O=C(O)CC[C@H](NC(=O)N[C@@H](CCCCNC(=O)CCCCCCC(=O)NCCCCCNC(=O)C(CCCCNC(=O)CN1CCN(CC(=O)O)CCN(CC(=O)O)CCN(CC(=O)O)CC1)NC(=O)CN1CCN(CC(=O)O)CCN(CC(=O)O)CCN(CC(=O)O)CC1)C(=O)O)C(=O)O. The number of hydrogen-bond donors (Lipinski definition) is 16. The van der Waals surface area contributed by atoms with Gasteiger partial charge in [0.1, 0.15) is 18.1 Å². The van der Waals surface area contributed by atoms with Crippen molar-refractivity contribution in [3.05, 3.63) is 0 Å². The molecule has 2 rings (SSSR count). The van der Waals surface area contributed by atoms with Crippen LogP contribution in [0.25, 0.3) is 0 Å². The number of carbonyl (C=O) groups is 15. The van der Waals surface area contributed by atoms with Crippen molar-refractivity contribution in [3.63, 3.8) is 0 Å². The van der Waals surface area contributed by atoms with Crippen LogP contribution in [0.1, 0.15) is 109 Å². The van der Waals surface area contributed by atoms with Crippen LogP contribution in [0.15, 0.2) is 0 Å². The minimum atomic E-state index is -1.53. The highest BCUT2D eigenvalue weighted by Gasteiger charge is 2.28. The molecule has 3 atom stereocenters. The Morgan fingerprint density at radius 2 is 0.510 bits per heavy atom. The number of carboxylic acid groups (broad SMARTS) is 9. The van der Waals surface area contributed by atoms with Crippen LogP contribution in [-0.4, -0.2) is 376 Å². The van der Waals surface area contributed by atoms with E-state index in [0.717, 1.165) is 0 Å². The third-order valence-electron chi connectivity index (χ3n) is 16.8. The fourth-order valence-corrected chi connectivity index (χ4v) is 11.2. The summed E-state index contributed by atoms with van der Waals surface area (Å²) in [6.07, 6.45) is 5.32. The van der Waals surface area contributed by atoms with Crippen molar-refractivity contribution < 1.29 is 118 Å². The molecular formula is C63H109N15O24. The van der Waals surface area contributed by atoms with Crippen molar-refractivity contribution in [1.82, 2.24) is 76.4 Å². The number of rotatable bonds is 48. The number of carboxylic acids is 9. The average Bonchev–Trinajstić information content (AvgIpc) is 0.907. The van der Waals surface area contributed by atoms with E-state index in [-0.39, 0.29) is 220 Å². The Kier molecular flexibility index (Phi) is 46.1. The molecule has 1 unspecified atom stereocenters. The summed E-state index contributed by atoms with van der Waals surface area (Å²) >= 11 is 0. The second-order valence-electron chi connectivity index (χ2n) is 25.3. The lowest BCUT2D eigenvalue weighted by atomic mass is 10.1. The molecule has 2 aliphatic rings. The van der Waals surface area contributed by atoms with Crippen LogP contribution in [0, 0.1) is 0 Å². The van der Waals surface area contributed by atoms with Gasteiger partial charge in [-0.2, -0.15) is 0 Å². The lowest BCUT2D eigenvalue weighted by molar-refractivity contribution is -0.141. The Morgan fingerprint density at radius 1 is 0.245 bits per heavy atom. The number of hydrogen-bond acceptors (Lipinski definition) is 23. The van der Waals surface area contributed by atoms with Crippen LogP contribution >= 0.6 is 0 Å². The first-order chi connectivity index (χ1) is 48.5. The molecule has 0 aliphatic carbocycles. The predicted octanol–water partition coefficient (Wildman–Crippen LogP) is -4.19. The van der Waals surface area contributed by atoms with Crippen molar-refractivity contribution in [2.45, 2.75) is 127 Å². The van der Waals surface area contributed by atoms with Crippen LogP contribution in [0.3, 0.4) is 0 Å². The Balaban J connectivity index is 1.99. The van der Waals surface area contributed by atoms with Gasteiger partial charge in [-0.05, 0) is 77.0 Å². The van der Waals surface area contributed by atoms with Gasteiger partial charge in [0, 0.05) is 150 Å². The van der Waals surface area contributed by atoms with Crippen molar-refractivity contribution in [3.8, 4) is 0 Å². The van der Waals surface area contributed by atoms with E-state index >= 15 is 0 Å². The summed E-state index contributed by atoms with van der Waals surface area (Å²) in [5.74, 6) is -12.5. The van der Waals surface area contributed by atoms with Gasteiger partial charge in [-0.25, -0.2) is 14.4 Å². The van der Waals surface area contributed by atoms with Crippen molar-refractivity contribution in [2.75, 3.05) is 183 Å². The molecular weight excluding hydrogens is 1350 g/mol. The molecule has 39 heteroatoms. The van der Waals surface area contributed by atoms with E-state index in [1.54, 1.807) is 39.2 Å². The molecule has 102 heavy (non-hydrogen) atoms. The van der Waals surface area contributed by atoms with Gasteiger partial charge in [-0.15, -0.1) is 0 Å². The van der Waals surface area contributed by atoms with E-state index in [1.807, 2.05) is 0 Å². The molecule has 2 saturated heterocycles. The lowest BCUT2D eigenvalue weighted by Crippen LogP contribution is -2.52. The summed E-state index contributed by atoms with van der Waals surface area (Å²) in [6.45, 7) is 1.46. The molecule has 0 spiro atoms. The Hall–Kier alpha value is -8.47. The quantitative estimate of drug-likeness (QED) is 0.0257. The highest BCUT2D eigenvalue weighted by atomic mass is 16.4. The number of aliphatic carboxylic acids is 9. The molecule has 0 aromatic heterocycles. The van der Waals surface area contributed by atoms with E-state index < -0.39 is 103 Å². The zero-order valence-corrected chi connectivity index (χ0v) is 58.3. The Labute approximate surface area is 592 Å². The second-order valence-corrected chi connectivity index (χ2v) is 25.3. The van der Waals surface area contributed by atoms with E-state index in [9.17, 15) is 113 Å². The van der Waals surface area contributed by atoms with E-state index in [2.05, 4.69) is 37.2 Å². The number of unbranched alkanes of at least 4 members (excludes halogenated alkanes) is 7. The van der Waals surface area contributed by atoms with Gasteiger partial charge in [0.05, 0.1) is 52.4 Å². The molecule has 0 aromatic carbocycles. The summed E-state index contributed by atoms with van der Waals surface area (Å²) in [5.41, 5.74) is 0. The van der Waals surface area contributed by atoms with E-state index in [1.165, 1.54) is 0 Å². The third kappa shape index (κ3) is 46.1. The number of nitrogens with one attached hydrogen (secondary N) is 7. The molecule has 2 aliphatic heterocycles.